The molecule has 1 aromatic heterocycles. The lowest BCUT2D eigenvalue weighted by Crippen LogP contribution is -2.54. The average Bonchev–Trinajstić information content (AvgIpc) is 3.45. The SMILES string of the molecule is Cc1nc2ccccc2n1[C@H]1C[C@H]2CC[C@@H](C1)N2CCC1(c2ccccc2)CCN(C(=O)[C@H](CO)NS(C)(=O)=O)CC1. The number of aliphatic hydroxyl groups excluding tert-OH is 1. The Balaban J connectivity index is 1.15. The highest BCUT2D eigenvalue weighted by molar-refractivity contribution is 7.88. The van der Waals surface area contributed by atoms with Crippen molar-refractivity contribution < 1.29 is 18.3 Å². The van der Waals surface area contributed by atoms with E-state index in [1.54, 1.807) is 4.90 Å². The number of benzene rings is 2. The van der Waals surface area contributed by atoms with Crippen LogP contribution in [0.3, 0.4) is 0 Å². The quantitative estimate of drug-likeness (QED) is 0.394. The number of amides is 1. The number of piperidine rings is 2. The first-order valence-corrected chi connectivity index (χ1v) is 17.2. The molecule has 0 saturated carbocycles. The molecule has 226 valence electrons. The molecule has 3 aromatic rings. The smallest absolute Gasteiger partial charge is 0.243 e. The fraction of sp³-hybridized carbons (Fsp3) is 0.562. The molecule has 3 aliphatic rings. The first kappa shape index (κ1) is 29.3. The summed E-state index contributed by atoms with van der Waals surface area (Å²) in [6.45, 7) is 3.69. The van der Waals surface area contributed by atoms with E-state index >= 15 is 0 Å². The zero-order valence-electron chi connectivity index (χ0n) is 24.7. The first-order valence-electron chi connectivity index (χ1n) is 15.3. The summed E-state index contributed by atoms with van der Waals surface area (Å²) in [6.07, 6.45) is 8.43. The van der Waals surface area contributed by atoms with Gasteiger partial charge in [0.15, 0.2) is 0 Å². The highest BCUT2D eigenvalue weighted by atomic mass is 32.2. The van der Waals surface area contributed by atoms with Crippen LogP contribution in [0.2, 0.25) is 0 Å². The van der Waals surface area contributed by atoms with Gasteiger partial charge in [0.2, 0.25) is 15.9 Å². The Bertz CT molecular complexity index is 1500. The number of aliphatic hydroxyl groups is 1. The number of imidazole rings is 1. The van der Waals surface area contributed by atoms with Crippen molar-refractivity contribution in [3.63, 3.8) is 0 Å². The zero-order valence-corrected chi connectivity index (χ0v) is 25.5. The van der Waals surface area contributed by atoms with Gasteiger partial charge in [-0.25, -0.2) is 18.1 Å². The number of carbonyl (C=O) groups is 1. The predicted octanol–water partition coefficient (Wildman–Crippen LogP) is 3.37. The minimum Gasteiger partial charge on any atom is -0.394 e. The molecular formula is C32H43N5O4S. The van der Waals surface area contributed by atoms with Gasteiger partial charge in [-0.1, -0.05) is 42.5 Å². The van der Waals surface area contributed by atoms with Crippen LogP contribution in [0.1, 0.15) is 62.4 Å². The molecule has 3 saturated heterocycles. The largest absolute Gasteiger partial charge is 0.394 e. The second-order valence-corrected chi connectivity index (χ2v) is 14.4. The number of hydrogen-bond acceptors (Lipinski definition) is 6. The lowest BCUT2D eigenvalue weighted by molar-refractivity contribution is -0.135. The van der Waals surface area contributed by atoms with E-state index in [1.807, 2.05) is 6.07 Å². The summed E-state index contributed by atoms with van der Waals surface area (Å²) in [5.41, 5.74) is 3.58. The summed E-state index contributed by atoms with van der Waals surface area (Å²) < 4.78 is 28.2. The lowest BCUT2D eigenvalue weighted by atomic mass is 9.70. The Kier molecular flexibility index (Phi) is 8.17. The van der Waals surface area contributed by atoms with Gasteiger partial charge in [-0.05, 0) is 81.5 Å². The van der Waals surface area contributed by atoms with E-state index in [0.717, 1.165) is 56.2 Å². The second-order valence-electron chi connectivity index (χ2n) is 12.6. The Morgan fingerprint density at radius 2 is 1.67 bits per heavy atom. The molecule has 2 N–H and O–H groups in total. The minimum absolute atomic E-state index is 0.0512. The van der Waals surface area contributed by atoms with E-state index in [9.17, 15) is 18.3 Å². The van der Waals surface area contributed by atoms with Gasteiger partial charge in [0.05, 0.1) is 23.9 Å². The maximum Gasteiger partial charge on any atom is 0.243 e. The van der Waals surface area contributed by atoms with Crippen molar-refractivity contribution in [3.05, 3.63) is 66.0 Å². The molecule has 2 bridgehead atoms. The number of para-hydroxylation sites is 2. The number of hydrogen-bond donors (Lipinski definition) is 2. The number of aromatic nitrogens is 2. The summed E-state index contributed by atoms with van der Waals surface area (Å²) >= 11 is 0. The number of aryl methyl sites for hydroxylation is 1. The zero-order chi connectivity index (χ0) is 29.5. The predicted molar refractivity (Wildman–Crippen MR) is 164 cm³/mol. The van der Waals surface area contributed by atoms with Crippen molar-refractivity contribution in [1.29, 1.82) is 0 Å². The van der Waals surface area contributed by atoms with Gasteiger partial charge in [-0.2, -0.15) is 0 Å². The first-order chi connectivity index (χ1) is 20.2. The van der Waals surface area contributed by atoms with Gasteiger partial charge in [0.25, 0.3) is 0 Å². The van der Waals surface area contributed by atoms with Gasteiger partial charge in [0.1, 0.15) is 11.9 Å². The molecule has 1 amide bonds. The summed E-state index contributed by atoms with van der Waals surface area (Å²) in [5, 5.41) is 9.72. The highest BCUT2D eigenvalue weighted by Crippen LogP contribution is 2.45. The van der Waals surface area contributed by atoms with E-state index in [-0.39, 0.29) is 11.3 Å². The van der Waals surface area contributed by atoms with Crippen molar-refractivity contribution in [2.24, 2.45) is 0 Å². The molecule has 6 rings (SSSR count). The molecule has 0 radical (unpaired) electrons. The van der Waals surface area contributed by atoms with Crippen LogP contribution in [0.25, 0.3) is 11.0 Å². The Morgan fingerprint density at radius 3 is 2.31 bits per heavy atom. The van der Waals surface area contributed by atoms with Crippen molar-refractivity contribution in [2.75, 3.05) is 32.5 Å². The van der Waals surface area contributed by atoms with Crippen LogP contribution in [0.4, 0.5) is 0 Å². The molecule has 2 aromatic carbocycles. The number of likely N-dealkylation sites (tertiary alicyclic amines) is 1. The number of rotatable bonds is 9. The highest BCUT2D eigenvalue weighted by Gasteiger charge is 2.44. The Labute approximate surface area is 249 Å². The average molecular weight is 594 g/mol. The molecule has 4 heterocycles. The van der Waals surface area contributed by atoms with Crippen LogP contribution < -0.4 is 4.72 Å². The van der Waals surface area contributed by atoms with Crippen molar-refractivity contribution in [2.45, 2.75) is 81.5 Å². The Morgan fingerprint density at radius 1 is 1.02 bits per heavy atom. The summed E-state index contributed by atoms with van der Waals surface area (Å²) in [5.74, 6) is 0.751. The number of carbonyl (C=O) groups excluding carboxylic acids is 1. The molecule has 3 fully saturated rings. The molecule has 0 unspecified atom stereocenters. The van der Waals surface area contributed by atoms with Crippen LogP contribution in [-0.2, 0) is 20.2 Å². The van der Waals surface area contributed by atoms with Gasteiger partial charge in [-0.3, -0.25) is 9.69 Å². The van der Waals surface area contributed by atoms with Gasteiger partial charge < -0.3 is 14.6 Å². The number of nitrogens with zero attached hydrogens (tertiary/aromatic N) is 4. The molecule has 0 spiro atoms. The molecule has 42 heavy (non-hydrogen) atoms. The third-order valence-corrected chi connectivity index (χ3v) is 10.8. The summed E-state index contributed by atoms with van der Waals surface area (Å²) in [7, 11) is -3.61. The van der Waals surface area contributed by atoms with E-state index in [1.165, 1.54) is 23.9 Å². The summed E-state index contributed by atoms with van der Waals surface area (Å²) in [4.78, 5) is 22.4. The van der Waals surface area contributed by atoms with Crippen LogP contribution in [0.5, 0.6) is 0 Å². The molecular weight excluding hydrogens is 550 g/mol. The van der Waals surface area contributed by atoms with E-state index in [4.69, 9.17) is 4.98 Å². The molecule has 9 nitrogen and oxygen atoms in total. The van der Waals surface area contributed by atoms with Crippen LogP contribution >= 0.6 is 0 Å². The maximum absolute atomic E-state index is 13.1. The van der Waals surface area contributed by atoms with Crippen LogP contribution in [-0.4, -0.2) is 89.4 Å². The minimum atomic E-state index is -3.61. The fourth-order valence-electron chi connectivity index (χ4n) is 8.06. The summed E-state index contributed by atoms with van der Waals surface area (Å²) in [6, 6.07) is 19.6. The Hall–Kier alpha value is -2.79. The van der Waals surface area contributed by atoms with E-state index in [2.05, 4.69) is 69.6 Å². The number of fused-ring (bicyclic) bond motifs is 3. The van der Waals surface area contributed by atoms with Gasteiger partial charge in [-0.15, -0.1) is 0 Å². The molecule has 10 heteroatoms. The maximum atomic E-state index is 13.1. The fourth-order valence-corrected chi connectivity index (χ4v) is 8.76. The number of sulfonamides is 1. The third-order valence-electron chi connectivity index (χ3n) is 10.1. The molecule has 3 aliphatic heterocycles. The lowest BCUT2D eigenvalue weighted by Gasteiger charge is -2.46. The van der Waals surface area contributed by atoms with Gasteiger partial charge in [0, 0.05) is 31.2 Å². The standard InChI is InChI=1S/C32H43N5O4S/c1-23-33-28-10-6-7-11-30(28)37(23)27-20-25-12-13-26(21-27)36(25)19-16-32(24-8-4-3-5-9-24)14-17-35(18-15-32)31(39)29(22-38)34-42(2,40)41/h3-11,25-27,29,34,38H,12-22H2,1-2H3/t25-,26+,27+,29-/m0/s1. The second kappa shape index (κ2) is 11.7. The van der Waals surface area contributed by atoms with Crippen LogP contribution in [0, 0.1) is 6.92 Å². The van der Waals surface area contributed by atoms with E-state index < -0.39 is 22.7 Å². The topological polar surface area (TPSA) is 108 Å². The molecule has 4 atom stereocenters. The van der Waals surface area contributed by atoms with Gasteiger partial charge >= 0.3 is 0 Å². The van der Waals surface area contributed by atoms with Crippen LogP contribution in [0.15, 0.2) is 54.6 Å². The molecule has 0 aliphatic carbocycles. The monoisotopic (exact) mass is 593 g/mol. The number of nitrogens with one attached hydrogen (secondary N) is 1. The normalized spacial score (nSPS) is 25.1. The van der Waals surface area contributed by atoms with E-state index in [0.29, 0.717) is 31.2 Å². The third kappa shape index (κ3) is 5.74. The van der Waals surface area contributed by atoms with Crippen molar-refractivity contribution in [1.82, 2.24) is 24.1 Å². The van der Waals surface area contributed by atoms with Crippen molar-refractivity contribution >= 4 is 27.0 Å². The van der Waals surface area contributed by atoms with Crippen molar-refractivity contribution in [3.8, 4) is 0 Å².